The SMILES string of the molecule is CC(=O)[O-].CC(=O)[O-].O.O.[Pd+2]. The minimum atomic E-state index is -1.08. The van der Waals surface area contributed by atoms with E-state index >= 15 is 0 Å². The molecule has 0 rings (SSSR count). The summed E-state index contributed by atoms with van der Waals surface area (Å²) in [7, 11) is 0. The van der Waals surface area contributed by atoms with Crippen LogP contribution in [0, 0.1) is 0 Å². The summed E-state index contributed by atoms with van der Waals surface area (Å²) in [6.07, 6.45) is 0. The molecule has 0 heterocycles. The number of carbonyl (C=O) groups excluding carboxylic acids is 2. The Balaban J connectivity index is -0.0000000171. The van der Waals surface area contributed by atoms with E-state index in [4.69, 9.17) is 19.8 Å². The zero-order valence-electron chi connectivity index (χ0n) is 5.95. The smallest absolute Gasteiger partial charge is 0.550 e. The van der Waals surface area contributed by atoms with Gasteiger partial charge in [0.2, 0.25) is 0 Å². The fourth-order valence-corrected chi connectivity index (χ4v) is 0. The molecule has 0 aliphatic rings. The Morgan fingerprint density at radius 1 is 0.909 bits per heavy atom. The Morgan fingerprint density at radius 3 is 0.909 bits per heavy atom. The molecule has 0 aromatic carbocycles. The molecule has 0 aromatic heterocycles. The maximum absolute atomic E-state index is 8.89. The quantitative estimate of drug-likeness (QED) is 0.407. The monoisotopic (exact) mass is 260 g/mol. The second-order valence-corrected chi connectivity index (χ2v) is 0.983. The van der Waals surface area contributed by atoms with Crippen molar-refractivity contribution in [2.45, 2.75) is 13.8 Å². The number of carbonyl (C=O) groups is 2. The second kappa shape index (κ2) is 22.7. The summed E-state index contributed by atoms with van der Waals surface area (Å²) in [6.45, 7) is 1.94. The molecular weight excluding hydrogens is 250 g/mol. The van der Waals surface area contributed by atoms with Crippen LogP contribution in [0.25, 0.3) is 0 Å². The molecule has 0 amide bonds. The van der Waals surface area contributed by atoms with Crippen LogP contribution in [0.15, 0.2) is 0 Å². The molecule has 0 aliphatic heterocycles. The zero-order chi connectivity index (χ0) is 7.15. The molecule has 0 atom stereocenters. The number of aliphatic carboxylic acids is 2. The average molecular weight is 261 g/mol. The van der Waals surface area contributed by atoms with E-state index in [0.717, 1.165) is 13.8 Å². The largest absolute Gasteiger partial charge is 2.00 e. The van der Waals surface area contributed by atoms with Crippen molar-refractivity contribution in [2.24, 2.45) is 0 Å². The van der Waals surface area contributed by atoms with Gasteiger partial charge in [-0.1, -0.05) is 0 Å². The molecule has 6 nitrogen and oxygen atoms in total. The van der Waals surface area contributed by atoms with Gasteiger partial charge in [0.15, 0.2) is 0 Å². The van der Waals surface area contributed by atoms with Crippen LogP contribution < -0.4 is 10.2 Å². The molecule has 0 radical (unpaired) electrons. The Bertz CT molecular complexity index is 72.6. The summed E-state index contributed by atoms with van der Waals surface area (Å²) >= 11 is 0. The normalized spacial score (nSPS) is 4.55. The first-order chi connectivity index (χ1) is 3.46. The van der Waals surface area contributed by atoms with Crippen molar-refractivity contribution in [1.82, 2.24) is 0 Å². The van der Waals surface area contributed by atoms with Crippen LogP contribution in [0.5, 0.6) is 0 Å². The van der Waals surface area contributed by atoms with Crippen LogP contribution in [-0.2, 0) is 30.0 Å². The standard InChI is InChI=1S/2C2H4O2.2H2O.Pd/c2*1-2(3)4;;;/h2*1H3,(H,3,4);2*1H2;/q;;;;+2/p-2. The summed E-state index contributed by atoms with van der Waals surface area (Å²) < 4.78 is 0. The first-order valence-electron chi connectivity index (χ1n) is 1.82. The van der Waals surface area contributed by atoms with Crippen molar-refractivity contribution >= 4 is 11.9 Å². The first-order valence-corrected chi connectivity index (χ1v) is 1.82. The van der Waals surface area contributed by atoms with E-state index in [1.165, 1.54) is 0 Å². The van der Waals surface area contributed by atoms with Crippen molar-refractivity contribution in [2.75, 3.05) is 0 Å². The zero-order valence-corrected chi connectivity index (χ0v) is 7.50. The third kappa shape index (κ3) is 2360. The third-order valence-electron chi connectivity index (χ3n) is 0. The van der Waals surface area contributed by atoms with Crippen LogP contribution in [0.1, 0.15) is 13.8 Å². The number of hydrogen-bond donors (Lipinski definition) is 0. The Hall–Kier alpha value is -0.478. The van der Waals surface area contributed by atoms with Gasteiger partial charge in [0, 0.05) is 11.9 Å². The molecular formula is C4H10O6Pd. The molecule has 0 bridgehead atoms. The van der Waals surface area contributed by atoms with Gasteiger partial charge in [0.1, 0.15) is 0 Å². The van der Waals surface area contributed by atoms with Gasteiger partial charge in [0.25, 0.3) is 0 Å². The van der Waals surface area contributed by atoms with Crippen LogP contribution in [0.2, 0.25) is 0 Å². The van der Waals surface area contributed by atoms with Crippen LogP contribution >= 0.6 is 0 Å². The van der Waals surface area contributed by atoms with Gasteiger partial charge in [0.05, 0.1) is 0 Å². The molecule has 7 heteroatoms. The molecule has 4 N–H and O–H groups in total. The van der Waals surface area contributed by atoms with Gasteiger partial charge in [-0.2, -0.15) is 0 Å². The molecule has 0 fully saturated rings. The number of carboxylic acid groups (broad SMARTS) is 2. The predicted octanol–water partition coefficient (Wildman–Crippen LogP) is -4.14. The topological polar surface area (TPSA) is 143 Å². The molecule has 0 unspecified atom stereocenters. The van der Waals surface area contributed by atoms with E-state index in [-0.39, 0.29) is 31.4 Å². The molecule has 0 aromatic rings. The van der Waals surface area contributed by atoms with E-state index in [0.29, 0.717) is 0 Å². The van der Waals surface area contributed by atoms with Crippen molar-refractivity contribution in [3.05, 3.63) is 0 Å². The van der Waals surface area contributed by atoms with Crippen molar-refractivity contribution < 1.29 is 51.2 Å². The van der Waals surface area contributed by atoms with Crippen molar-refractivity contribution in [1.29, 1.82) is 0 Å². The van der Waals surface area contributed by atoms with Crippen LogP contribution in [0.3, 0.4) is 0 Å². The van der Waals surface area contributed by atoms with E-state index in [1.54, 1.807) is 0 Å². The minimum absolute atomic E-state index is 0. The number of hydrogen-bond acceptors (Lipinski definition) is 4. The maximum Gasteiger partial charge on any atom is 2.00 e. The van der Waals surface area contributed by atoms with Gasteiger partial charge < -0.3 is 30.8 Å². The molecule has 0 saturated heterocycles. The van der Waals surface area contributed by atoms with Crippen molar-refractivity contribution in [3.8, 4) is 0 Å². The fraction of sp³-hybridized carbons (Fsp3) is 0.500. The van der Waals surface area contributed by atoms with Gasteiger partial charge in [-0.25, -0.2) is 0 Å². The first kappa shape index (κ1) is 31.3. The predicted molar refractivity (Wildman–Crippen MR) is 28.6 cm³/mol. The summed E-state index contributed by atoms with van der Waals surface area (Å²) in [5.74, 6) is -2.17. The third-order valence-corrected chi connectivity index (χ3v) is 0. The van der Waals surface area contributed by atoms with Gasteiger partial charge in [-0.05, 0) is 13.8 Å². The van der Waals surface area contributed by atoms with Gasteiger partial charge in [-0.3, -0.25) is 0 Å². The van der Waals surface area contributed by atoms with E-state index in [2.05, 4.69) is 0 Å². The summed E-state index contributed by atoms with van der Waals surface area (Å²) in [5.41, 5.74) is 0. The molecule has 0 aliphatic carbocycles. The van der Waals surface area contributed by atoms with Crippen molar-refractivity contribution in [3.63, 3.8) is 0 Å². The maximum atomic E-state index is 8.89. The van der Waals surface area contributed by atoms with E-state index < -0.39 is 11.9 Å². The Morgan fingerprint density at radius 2 is 0.909 bits per heavy atom. The van der Waals surface area contributed by atoms with Crippen LogP contribution in [0.4, 0.5) is 0 Å². The molecule has 0 saturated carbocycles. The Kier molecular flexibility index (Phi) is 64.5. The number of rotatable bonds is 0. The number of carboxylic acids is 2. The summed E-state index contributed by atoms with van der Waals surface area (Å²) in [5, 5.41) is 17.8. The average Bonchev–Trinajstić information content (AvgIpc) is 1.25. The molecule has 11 heavy (non-hydrogen) atoms. The van der Waals surface area contributed by atoms with E-state index in [9.17, 15) is 0 Å². The molecule has 0 spiro atoms. The summed E-state index contributed by atoms with van der Waals surface area (Å²) in [4.78, 5) is 17.8. The van der Waals surface area contributed by atoms with E-state index in [1.807, 2.05) is 0 Å². The van der Waals surface area contributed by atoms with Crippen LogP contribution in [-0.4, -0.2) is 22.9 Å². The molecule has 72 valence electrons. The fourth-order valence-electron chi connectivity index (χ4n) is 0. The Labute approximate surface area is 77.5 Å². The minimum Gasteiger partial charge on any atom is -0.550 e. The summed E-state index contributed by atoms with van der Waals surface area (Å²) in [6, 6.07) is 0. The van der Waals surface area contributed by atoms with Gasteiger partial charge >= 0.3 is 20.4 Å². The second-order valence-electron chi connectivity index (χ2n) is 0.983. The van der Waals surface area contributed by atoms with Gasteiger partial charge in [-0.15, -0.1) is 0 Å².